The number of ether oxygens (including phenoxy) is 4. The molecule has 244 valence electrons. The molecule has 0 aromatic heterocycles. The molecule has 2 heterocycles. The highest BCUT2D eigenvalue weighted by molar-refractivity contribution is 5.98. The third-order valence-electron chi connectivity index (χ3n) is 8.09. The summed E-state index contributed by atoms with van der Waals surface area (Å²) in [5.41, 5.74) is 1.84. The van der Waals surface area contributed by atoms with Crippen molar-refractivity contribution in [3.63, 3.8) is 0 Å². The zero-order valence-corrected chi connectivity index (χ0v) is 24.8. The Bertz CT molecular complexity index is 1420. The number of carbonyl (C=O) groups excluding carboxylic acids is 1. The minimum atomic E-state index is -1.48. The van der Waals surface area contributed by atoms with Crippen molar-refractivity contribution in [3.8, 4) is 11.5 Å². The van der Waals surface area contributed by atoms with E-state index in [0.29, 0.717) is 16.8 Å². The second-order valence-corrected chi connectivity index (χ2v) is 11.4. The molecule has 5 rings (SSSR count). The number of halogens is 1. The normalized spacial score (nSPS) is 32.6. The number of aliphatic hydroxyl groups is 4. The molecule has 3 aliphatic rings. The fourth-order valence-electron chi connectivity index (χ4n) is 5.52. The molecule has 0 spiro atoms. The summed E-state index contributed by atoms with van der Waals surface area (Å²) in [6, 6.07) is 9.03. The monoisotopic (exact) mass is 632 g/mol. The van der Waals surface area contributed by atoms with Gasteiger partial charge in [-0.25, -0.2) is 4.39 Å². The van der Waals surface area contributed by atoms with Crippen LogP contribution in [0.1, 0.15) is 38.3 Å². The number of aliphatic hydroxyl groups excluding tert-OH is 4. The number of phenolic OH excluding ortho intramolecular Hbond substituents is 1. The van der Waals surface area contributed by atoms with Gasteiger partial charge in [0.05, 0.1) is 17.9 Å². The van der Waals surface area contributed by atoms with Crippen LogP contribution in [-0.2, 0) is 23.8 Å². The van der Waals surface area contributed by atoms with Gasteiger partial charge in [-0.2, -0.15) is 0 Å². The van der Waals surface area contributed by atoms with Gasteiger partial charge >= 0.3 is 0 Å². The molecular formula is C31H37FN2O11. The molecule has 14 heteroatoms. The van der Waals surface area contributed by atoms with Crippen LogP contribution < -0.4 is 10.1 Å². The van der Waals surface area contributed by atoms with Crippen molar-refractivity contribution in [2.75, 3.05) is 6.79 Å². The summed E-state index contributed by atoms with van der Waals surface area (Å²) < 4.78 is 35.3. The molecular weight excluding hydrogens is 595 g/mol. The predicted octanol–water partition coefficient (Wildman–Crippen LogP) is 0.941. The summed E-state index contributed by atoms with van der Waals surface area (Å²) in [5, 5.41) is 59.1. The number of hydrogen-bond donors (Lipinski definition) is 6. The van der Waals surface area contributed by atoms with Gasteiger partial charge in [-0.05, 0) is 62.2 Å². The Hall–Kier alpha value is -3.63. The molecule has 1 amide bonds. The summed E-state index contributed by atoms with van der Waals surface area (Å²) in [4.78, 5) is 18.4. The molecule has 1 aliphatic carbocycles. The van der Waals surface area contributed by atoms with Gasteiger partial charge in [-0.1, -0.05) is 23.4 Å². The highest BCUT2D eigenvalue weighted by atomic mass is 19.1. The van der Waals surface area contributed by atoms with Gasteiger partial charge in [-0.15, -0.1) is 0 Å². The fraction of sp³-hybridized carbons (Fsp3) is 0.484. The molecule has 0 radical (unpaired) electrons. The summed E-state index contributed by atoms with van der Waals surface area (Å²) in [6.45, 7) is 4.75. The van der Waals surface area contributed by atoms with Crippen molar-refractivity contribution in [3.05, 3.63) is 65.0 Å². The maximum atomic E-state index is 13.2. The SMILES string of the molecule is CC(=Cc1ccc(O[C@H]2C[C@H](O)[C@@H](C(C)ON=C(C)c3ccc(F)cc3)O2)c(O)c1)C(=O)N[C@@H]1[C@H](O)[C@@H](O)[C@H]2OCO[C@H]2[C@@H]1O. The molecule has 2 aromatic carbocycles. The Morgan fingerprint density at radius 3 is 2.42 bits per heavy atom. The first-order valence-electron chi connectivity index (χ1n) is 14.5. The van der Waals surface area contributed by atoms with Gasteiger partial charge in [0, 0.05) is 12.0 Å². The van der Waals surface area contributed by atoms with Crippen LogP contribution in [0, 0.1) is 5.82 Å². The summed E-state index contributed by atoms with van der Waals surface area (Å²) >= 11 is 0. The number of aromatic hydroxyl groups is 1. The molecule has 6 N–H and O–H groups in total. The van der Waals surface area contributed by atoms with E-state index in [0.717, 1.165) is 0 Å². The van der Waals surface area contributed by atoms with Crippen LogP contribution in [0.4, 0.5) is 4.39 Å². The number of amides is 1. The number of carbonyl (C=O) groups is 1. The first-order chi connectivity index (χ1) is 21.4. The number of benzene rings is 2. The van der Waals surface area contributed by atoms with Gasteiger partial charge in [0.25, 0.3) is 0 Å². The van der Waals surface area contributed by atoms with Gasteiger partial charge in [0.15, 0.2) is 17.6 Å². The lowest BCUT2D eigenvalue weighted by molar-refractivity contribution is -0.155. The summed E-state index contributed by atoms with van der Waals surface area (Å²) in [7, 11) is 0. The van der Waals surface area contributed by atoms with E-state index in [9.17, 15) is 34.7 Å². The van der Waals surface area contributed by atoms with Gasteiger partial charge in [0.2, 0.25) is 12.2 Å². The quantitative estimate of drug-likeness (QED) is 0.131. The molecule has 0 bridgehead atoms. The number of oxime groups is 1. The average molecular weight is 633 g/mol. The van der Waals surface area contributed by atoms with Crippen LogP contribution in [0.2, 0.25) is 0 Å². The molecule has 2 aliphatic heterocycles. The van der Waals surface area contributed by atoms with Crippen molar-refractivity contribution in [1.29, 1.82) is 0 Å². The lowest BCUT2D eigenvalue weighted by Crippen LogP contribution is -2.67. The van der Waals surface area contributed by atoms with Crippen LogP contribution >= 0.6 is 0 Å². The number of nitrogens with one attached hydrogen (secondary N) is 1. The zero-order valence-electron chi connectivity index (χ0n) is 24.8. The number of hydrogen-bond acceptors (Lipinski definition) is 12. The average Bonchev–Trinajstić information content (AvgIpc) is 3.65. The largest absolute Gasteiger partial charge is 0.504 e. The van der Waals surface area contributed by atoms with Crippen LogP contribution in [0.3, 0.4) is 0 Å². The predicted molar refractivity (Wildman–Crippen MR) is 155 cm³/mol. The standard InChI is InChI=1S/C31H37FN2O11/c1-14(31(40)33-24-25(37)27(39)30-29(26(24)38)41-13-42-30)10-17-4-9-22(20(35)11-17)43-23-12-21(36)28(44-23)16(3)45-34-15(2)18-5-7-19(32)8-6-18/h4-11,16,21,23-30,35-39H,12-13H2,1-3H3,(H,33,40)/t16?,21-,23+,24+,25-,26+,27+,28+,29-,30+/m0/s1. The molecule has 45 heavy (non-hydrogen) atoms. The van der Waals surface area contributed by atoms with Crippen LogP contribution in [-0.4, -0.2) is 105 Å². The Kier molecular flexibility index (Phi) is 10.0. The van der Waals surface area contributed by atoms with Crippen molar-refractivity contribution in [2.24, 2.45) is 5.16 Å². The maximum Gasteiger partial charge on any atom is 0.247 e. The molecule has 2 aromatic rings. The Balaban J connectivity index is 1.16. The van der Waals surface area contributed by atoms with E-state index in [1.165, 1.54) is 37.3 Å². The minimum Gasteiger partial charge on any atom is -0.504 e. The van der Waals surface area contributed by atoms with Gasteiger partial charge in [-0.3, -0.25) is 4.79 Å². The number of rotatable bonds is 9. The van der Waals surface area contributed by atoms with E-state index in [-0.39, 0.29) is 36.1 Å². The van der Waals surface area contributed by atoms with Crippen LogP contribution in [0.15, 0.2) is 53.2 Å². The Morgan fingerprint density at radius 2 is 1.73 bits per heavy atom. The second-order valence-electron chi connectivity index (χ2n) is 11.4. The summed E-state index contributed by atoms with van der Waals surface area (Å²) in [6.07, 6.45) is -7.62. The van der Waals surface area contributed by atoms with Gasteiger partial charge in [0.1, 0.15) is 49.2 Å². The van der Waals surface area contributed by atoms with Crippen molar-refractivity contribution in [1.82, 2.24) is 5.32 Å². The van der Waals surface area contributed by atoms with E-state index >= 15 is 0 Å². The third kappa shape index (κ3) is 7.28. The first kappa shape index (κ1) is 32.8. The van der Waals surface area contributed by atoms with Crippen molar-refractivity contribution < 1.29 is 58.5 Å². The highest BCUT2D eigenvalue weighted by Gasteiger charge is 2.53. The minimum absolute atomic E-state index is 0.0848. The summed E-state index contributed by atoms with van der Waals surface area (Å²) in [5.74, 6) is -1.14. The molecule has 10 atom stereocenters. The Morgan fingerprint density at radius 1 is 1.04 bits per heavy atom. The highest BCUT2D eigenvalue weighted by Crippen LogP contribution is 2.33. The second kappa shape index (κ2) is 13.8. The van der Waals surface area contributed by atoms with Crippen LogP contribution in [0.25, 0.3) is 6.08 Å². The molecule has 3 fully saturated rings. The van der Waals surface area contributed by atoms with E-state index < -0.39 is 67.1 Å². The molecule has 13 nitrogen and oxygen atoms in total. The number of phenols is 1. The van der Waals surface area contributed by atoms with Crippen LogP contribution in [0.5, 0.6) is 11.5 Å². The van der Waals surface area contributed by atoms with E-state index in [4.69, 9.17) is 23.8 Å². The molecule has 2 saturated heterocycles. The smallest absolute Gasteiger partial charge is 0.247 e. The molecule has 1 unspecified atom stereocenters. The van der Waals surface area contributed by atoms with E-state index in [1.807, 2.05) is 0 Å². The lowest BCUT2D eigenvalue weighted by atomic mass is 9.83. The lowest BCUT2D eigenvalue weighted by Gasteiger charge is -2.41. The topological polar surface area (TPSA) is 189 Å². The maximum absolute atomic E-state index is 13.2. The fourth-order valence-corrected chi connectivity index (χ4v) is 5.52. The first-order valence-corrected chi connectivity index (χ1v) is 14.5. The van der Waals surface area contributed by atoms with Crippen molar-refractivity contribution in [2.45, 2.75) is 88.4 Å². The third-order valence-corrected chi connectivity index (χ3v) is 8.09. The van der Waals surface area contributed by atoms with E-state index in [2.05, 4.69) is 10.5 Å². The van der Waals surface area contributed by atoms with E-state index in [1.54, 1.807) is 32.0 Å². The number of nitrogens with zero attached hydrogens (tertiary/aromatic N) is 1. The van der Waals surface area contributed by atoms with Crippen molar-refractivity contribution >= 4 is 17.7 Å². The number of fused-ring (bicyclic) bond motifs is 1. The Labute approximate surface area is 258 Å². The zero-order chi connectivity index (χ0) is 32.4. The molecule has 1 saturated carbocycles. The van der Waals surface area contributed by atoms with Gasteiger partial charge < -0.3 is 54.6 Å².